The molecule has 4 heteroatoms. The van der Waals surface area contributed by atoms with Crippen LogP contribution in [0, 0.1) is 6.92 Å². The smallest absolute Gasteiger partial charge is 0.248 e. The number of amides is 1. The van der Waals surface area contributed by atoms with Crippen LogP contribution in [0.1, 0.15) is 15.9 Å². The molecule has 0 radical (unpaired) electrons. The van der Waals surface area contributed by atoms with E-state index in [0.717, 1.165) is 16.7 Å². The molecular formula is C12H11N3O. The van der Waals surface area contributed by atoms with Gasteiger partial charge >= 0.3 is 0 Å². The SMILES string of the molecule is Cc1ccc(-c2cncnc2)cc1C(N)=O. The van der Waals surface area contributed by atoms with Crippen molar-refractivity contribution in [3.8, 4) is 11.1 Å². The summed E-state index contributed by atoms with van der Waals surface area (Å²) in [6.45, 7) is 1.85. The topological polar surface area (TPSA) is 68.9 Å². The number of primary amides is 1. The second-order valence-electron chi connectivity index (χ2n) is 3.52. The zero-order valence-corrected chi connectivity index (χ0v) is 8.84. The number of nitrogens with zero attached hydrogens (tertiary/aromatic N) is 2. The summed E-state index contributed by atoms with van der Waals surface area (Å²) in [5.41, 5.74) is 8.44. The Morgan fingerprint density at radius 1 is 1.19 bits per heavy atom. The molecule has 0 spiro atoms. The molecule has 0 aliphatic carbocycles. The molecule has 1 heterocycles. The highest BCUT2D eigenvalue weighted by molar-refractivity contribution is 5.95. The maximum absolute atomic E-state index is 11.2. The molecule has 4 nitrogen and oxygen atoms in total. The van der Waals surface area contributed by atoms with Gasteiger partial charge in [-0.2, -0.15) is 0 Å². The average molecular weight is 213 g/mol. The van der Waals surface area contributed by atoms with Crippen molar-refractivity contribution in [3.63, 3.8) is 0 Å². The highest BCUT2D eigenvalue weighted by Crippen LogP contribution is 2.20. The molecule has 0 saturated heterocycles. The number of carbonyl (C=O) groups excluding carboxylic acids is 1. The van der Waals surface area contributed by atoms with Crippen LogP contribution in [0.25, 0.3) is 11.1 Å². The lowest BCUT2D eigenvalue weighted by molar-refractivity contribution is 0.1000. The predicted molar refractivity (Wildman–Crippen MR) is 60.7 cm³/mol. The first-order valence-corrected chi connectivity index (χ1v) is 4.84. The quantitative estimate of drug-likeness (QED) is 0.822. The van der Waals surface area contributed by atoms with Crippen LogP contribution >= 0.6 is 0 Å². The molecule has 16 heavy (non-hydrogen) atoms. The van der Waals surface area contributed by atoms with Crippen LogP contribution in [0.5, 0.6) is 0 Å². The first kappa shape index (κ1) is 10.3. The van der Waals surface area contributed by atoms with Crippen molar-refractivity contribution in [1.29, 1.82) is 0 Å². The van der Waals surface area contributed by atoms with Crippen molar-refractivity contribution in [1.82, 2.24) is 9.97 Å². The van der Waals surface area contributed by atoms with Crippen molar-refractivity contribution in [3.05, 3.63) is 48.0 Å². The highest BCUT2D eigenvalue weighted by Gasteiger charge is 2.07. The Morgan fingerprint density at radius 3 is 2.50 bits per heavy atom. The number of aromatic nitrogens is 2. The van der Waals surface area contributed by atoms with Crippen LogP contribution in [0.15, 0.2) is 36.9 Å². The van der Waals surface area contributed by atoms with Gasteiger partial charge in [0, 0.05) is 23.5 Å². The van der Waals surface area contributed by atoms with Gasteiger partial charge in [-0.25, -0.2) is 9.97 Å². The maximum Gasteiger partial charge on any atom is 0.248 e. The average Bonchev–Trinajstić information content (AvgIpc) is 2.30. The van der Waals surface area contributed by atoms with Crippen LogP contribution in [-0.4, -0.2) is 15.9 Å². The minimum atomic E-state index is -0.420. The third-order valence-electron chi connectivity index (χ3n) is 2.40. The number of aryl methyl sites for hydroxylation is 1. The molecule has 0 unspecified atom stereocenters. The number of nitrogens with two attached hydrogens (primary N) is 1. The largest absolute Gasteiger partial charge is 0.366 e. The van der Waals surface area contributed by atoms with Crippen molar-refractivity contribution < 1.29 is 4.79 Å². The van der Waals surface area contributed by atoms with E-state index in [1.807, 2.05) is 19.1 Å². The van der Waals surface area contributed by atoms with Crippen LogP contribution in [-0.2, 0) is 0 Å². The summed E-state index contributed by atoms with van der Waals surface area (Å²) in [6, 6.07) is 5.54. The Balaban J connectivity index is 2.52. The standard InChI is InChI=1S/C12H11N3O/c1-8-2-3-9(4-11(8)12(13)16)10-5-14-7-15-6-10/h2-7H,1H3,(H2,13,16). The molecule has 2 N–H and O–H groups in total. The Morgan fingerprint density at radius 2 is 1.88 bits per heavy atom. The number of carbonyl (C=O) groups is 1. The lowest BCUT2D eigenvalue weighted by atomic mass is 10.0. The summed E-state index contributed by atoms with van der Waals surface area (Å²) in [4.78, 5) is 19.1. The van der Waals surface area contributed by atoms with E-state index < -0.39 is 5.91 Å². The van der Waals surface area contributed by atoms with Crippen molar-refractivity contribution >= 4 is 5.91 Å². The van der Waals surface area contributed by atoms with Gasteiger partial charge in [-0.3, -0.25) is 4.79 Å². The summed E-state index contributed by atoms with van der Waals surface area (Å²) < 4.78 is 0. The number of hydrogen-bond acceptors (Lipinski definition) is 3. The van der Waals surface area contributed by atoms with E-state index in [4.69, 9.17) is 5.73 Å². The van der Waals surface area contributed by atoms with Gasteiger partial charge in [-0.1, -0.05) is 12.1 Å². The number of benzene rings is 1. The van der Waals surface area contributed by atoms with E-state index in [0.29, 0.717) is 5.56 Å². The van der Waals surface area contributed by atoms with Crippen LogP contribution in [0.3, 0.4) is 0 Å². The van der Waals surface area contributed by atoms with Gasteiger partial charge in [0.1, 0.15) is 6.33 Å². The minimum absolute atomic E-state index is 0.420. The molecule has 2 rings (SSSR count). The summed E-state index contributed by atoms with van der Waals surface area (Å²) in [5, 5.41) is 0. The van der Waals surface area contributed by atoms with Crippen LogP contribution in [0.4, 0.5) is 0 Å². The van der Waals surface area contributed by atoms with Crippen LogP contribution in [0.2, 0.25) is 0 Å². The van der Waals surface area contributed by atoms with E-state index >= 15 is 0 Å². The first-order valence-electron chi connectivity index (χ1n) is 4.84. The highest BCUT2D eigenvalue weighted by atomic mass is 16.1. The van der Waals surface area contributed by atoms with Gasteiger partial charge in [0.05, 0.1) is 0 Å². The molecule has 2 aromatic rings. The Bertz CT molecular complexity index is 523. The molecule has 0 aliphatic heterocycles. The lowest BCUT2D eigenvalue weighted by Gasteiger charge is -2.05. The van der Waals surface area contributed by atoms with E-state index in [9.17, 15) is 4.79 Å². The van der Waals surface area contributed by atoms with Crippen molar-refractivity contribution in [2.24, 2.45) is 5.73 Å². The van der Waals surface area contributed by atoms with E-state index in [1.165, 1.54) is 6.33 Å². The van der Waals surface area contributed by atoms with Gasteiger partial charge in [-0.15, -0.1) is 0 Å². The molecule has 0 saturated carbocycles. The fourth-order valence-electron chi connectivity index (χ4n) is 1.52. The maximum atomic E-state index is 11.2. The Labute approximate surface area is 93.2 Å². The molecule has 0 bridgehead atoms. The molecule has 80 valence electrons. The zero-order chi connectivity index (χ0) is 11.5. The molecule has 0 fully saturated rings. The van der Waals surface area contributed by atoms with Crippen molar-refractivity contribution in [2.75, 3.05) is 0 Å². The minimum Gasteiger partial charge on any atom is -0.366 e. The Hall–Kier alpha value is -2.23. The molecule has 0 atom stereocenters. The second-order valence-corrected chi connectivity index (χ2v) is 3.52. The van der Waals surface area contributed by atoms with Gasteiger partial charge in [-0.05, 0) is 24.1 Å². The fraction of sp³-hybridized carbons (Fsp3) is 0.0833. The zero-order valence-electron chi connectivity index (χ0n) is 8.84. The van der Waals surface area contributed by atoms with Gasteiger partial charge in [0.25, 0.3) is 0 Å². The monoisotopic (exact) mass is 213 g/mol. The molecular weight excluding hydrogens is 202 g/mol. The van der Waals surface area contributed by atoms with E-state index in [2.05, 4.69) is 9.97 Å². The summed E-state index contributed by atoms with van der Waals surface area (Å²) >= 11 is 0. The van der Waals surface area contributed by atoms with E-state index in [1.54, 1.807) is 18.5 Å². The fourth-order valence-corrected chi connectivity index (χ4v) is 1.52. The van der Waals surface area contributed by atoms with Crippen LogP contribution < -0.4 is 5.73 Å². The second kappa shape index (κ2) is 4.10. The summed E-state index contributed by atoms with van der Waals surface area (Å²) in [6.07, 6.45) is 4.86. The van der Waals surface area contributed by atoms with Gasteiger partial charge < -0.3 is 5.73 Å². The Kier molecular flexibility index (Phi) is 2.64. The number of hydrogen-bond donors (Lipinski definition) is 1. The molecule has 0 aliphatic rings. The van der Waals surface area contributed by atoms with Gasteiger partial charge in [0.15, 0.2) is 0 Å². The third-order valence-corrected chi connectivity index (χ3v) is 2.40. The lowest BCUT2D eigenvalue weighted by Crippen LogP contribution is -2.12. The van der Waals surface area contributed by atoms with Gasteiger partial charge in [0.2, 0.25) is 5.91 Å². The van der Waals surface area contributed by atoms with Crippen molar-refractivity contribution in [2.45, 2.75) is 6.92 Å². The molecule has 1 aromatic heterocycles. The predicted octanol–water partition coefficient (Wildman–Crippen LogP) is 1.55. The number of rotatable bonds is 2. The van der Waals surface area contributed by atoms with E-state index in [-0.39, 0.29) is 0 Å². The summed E-state index contributed by atoms with van der Waals surface area (Å²) in [5.74, 6) is -0.420. The first-order chi connectivity index (χ1) is 7.68. The third kappa shape index (κ3) is 1.91. The normalized spacial score (nSPS) is 10.1. The molecule has 1 amide bonds. The molecule has 1 aromatic carbocycles. The summed E-state index contributed by atoms with van der Waals surface area (Å²) in [7, 11) is 0.